The Bertz CT molecular complexity index is 209. The third-order valence-electron chi connectivity index (χ3n) is 0.142. The standard InChI is InChI=1S/Mo.H2O.5O.W/h;1H2;;;;;;/q+1;;;;;;;/p-1. The van der Waals surface area contributed by atoms with Gasteiger partial charge in [-0.3, -0.25) is 0 Å². The molecule has 0 rings (SSSR count). The van der Waals surface area contributed by atoms with Crippen LogP contribution in [0.4, 0.5) is 0 Å². The molecule has 0 saturated carbocycles. The van der Waals surface area contributed by atoms with Crippen molar-refractivity contribution < 1.29 is 53.8 Å². The van der Waals surface area contributed by atoms with Crippen LogP contribution >= 0.6 is 0 Å². The zero-order valence-corrected chi connectivity index (χ0v) is 8.25. The first kappa shape index (κ1) is 8.50. The van der Waals surface area contributed by atoms with Gasteiger partial charge in [0.1, 0.15) is 0 Å². The molecule has 0 aromatic carbocycles. The second-order valence-corrected chi connectivity index (χ2v) is 7.50. The fourth-order valence-electron chi connectivity index (χ4n) is 0.0702. The Hall–Kier alpha value is 0.497. The van der Waals surface area contributed by atoms with Crippen LogP contribution in [0, 0.1) is 0 Å². The fraction of sp³-hybridized carbons (Fsp3) is 0. The van der Waals surface area contributed by atoms with E-state index in [0.717, 1.165) is 0 Å². The average molecular weight is 377 g/mol. The van der Waals surface area contributed by atoms with E-state index in [4.69, 9.17) is 3.76 Å². The van der Waals surface area contributed by atoms with Crippen LogP contribution in [0.25, 0.3) is 0 Å². The third kappa shape index (κ3) is 6.50. The van der Waals surface area contributed by atoms with E-state index >= 15 is 0 Å². The first-order valence-corrected chi connectivity index (χ1v) is 8.13. The molecule has 0 spiro atoms. The van der Waals surface area contributed by atoms with Gasteiger partial charge in [0.05, 0.1) is 0 Å². The summed E-state index contributed by atoms with van der Waals surface area (Å²) >= 11 is -10.3. The molecule has 8 heavy (non-hydrogen) atoms. The van der Waals surface area contributed by atoms with E-state index in [1.54, 1.807) is 0 Å². The monoisotopic (exact) mass is 379 g/mol. The Kier molecular flexibility index (Phi) is 3.05. The molecular formula is HMoO6W. The van der Waals surface area contributed by atoms with Crippen LogP contribution in [0.2, 0.25) is 0 Å². The molecule has 0 atom stereocenters. The first-order chi connectivity index (χ1) is 3.42. The molecule has 0 aliphatic rings. The van der Waals surface area contributed by atoms with Crippen molar-refractivity contribution in [2.24, 2.45) is 0 Å². The fourth-order valence-corrected chi connectivity index (χ4v) is 3.40. The van der Waals surface area contributed by atoms with E-state index in [2.05, 4.69) is 2.04 Å². The summed E-state index contributed by atoms with van der Waals surface area (Å²) in [5.41, 5.74) is 0. The zero-order chi connectivity index (χ0) is 6.78. The molecule has 0 aliphatic heterocycles. The van der Waals surface area contributed by atoms with Gasteiger partial charge in [0.2, 0.25) is 0 Å². The predicted molar refractivity (Wildman–Crippen MR) is 6.05 cm³/mol. The van der Waals surface area contributed by atoms with Crippen molar-refractivity contribution in [2.45, 2.75) is 0 Å². The van der Waals surface area contributed by atoms with Crippen molar-refractivity contribution in [2.75, 3.05) is 0 Å². The molecule has 0 fully saturated rings. The Balaban J connectivity index is 4.16. The minimum atomic E-state index is -5.72. The number of hydrogen-bond donors (Lipinski definition) is 1. The van der Waals surface area contributed by atoms with Crippen molar-refractivity contribution in [1.29, 1.82) is 0 Å². The molecular weight excluding hydrogens is 376 g/mol. The molecule has 0 aliphatic carbocycles. The van der Waals surface area contributed by atoms with Crippen molar-refractivity contribution >= 4 is 0 Å². The van der Waals surface area contributed by atoms with E-state index in [0.29, 0.717) is 0 Å². The normalized spacial score (nSPS) is 11.1. The van der Waals surface area contributed by atoms with Gasteiger partial charge in [0, 0.05) is 0 Å². The summed E-state index contributed by atoms with van der Waals surface area (Å²) in [6, 6.07) is 0. The van der Waals surface area contributed by atoms with Crippen LogP contribution in [-0.2, 0) is 50.0 Å². The molecule has 0 unspecified atom stereocenters. The van der Waals surface area contributed by atoms with Crippen LogP contribution in [0.1, 0.15) is 0 Å². The quantitative estimate of drug-likeness (QED) is 0.614. The van der Waals surface area contributed by atoms with E-state index in [1.807, 2.05) is 0 Å². The molecule has 0 aromatic heterocycles. The van der Waals surface area contributed by atoms with Crippen molar-refractivity contribution in [1.82, 2.24) is 0 Å². The molecule has 0 radical (unpaired) electrons. The second-order valence-electron chi connectivity index (χ2n) is 0.700. The molecule has 1 N–H and O–H groups in total. The Morgan fingerprint density at radius 1 is 1.38 bits per heavy atom. The Labute approximate surface area is 53.8 Å². The second kappa shape index (κ2) is 2.87. The molecule has 0 saturated heterocycles. The summed E-state index contributed by atoms with van der Waals surface area (Å²) in [4.78, 5) is 0. The number of rotatable bonds is 2. The number of hydrogen-bond acceptors (Lipinski definition) is 5. The first-order valence-electron chi connectivity index (χ1n) is 1.18. The van der Waals surface area contributed by atoms with Gasteiger partial charge in [0.15, 0.2) is 0 Å². The van der Waals surface area contributed by atoms with E-state index in [1.165, 1.54) is 0 Å². The summed E-state index contributed by atoms with van der Waals surface area (Å²) < 4.78 is 48.8. The Morgan fingerprint density at radius 2 is 1.75 bits per heavy atom. The van der Waals surface area contributed by atoms with Gasteiger partial charge in [0.25, 0.3) is 0 Å². The SMILES string of the molecule is [O]=[W](=[O])[O][Mo](=[O])(=[O])[OH]. The minimum absolute atomic E-state index is 3.16. The van der Waals surface area contributed by atoms with Gasteiger partial charge in [-0.2, -0.15) is 0 Å². The van der Waals surface area contributed by atoms with Crippen molar-refractivity contribution in [3.63, 3.8) is 0 Å². The van der Waals surface area contributed by atoms with Crippen LogP contribution in [-0.4, -0.2) is 3.76 Å². The molecule has 0 aromatic rings. The van der Waals surface area contributed by atoms with Crippen molar-refractivity contribution in [3.8, 4) is 0 Å². The van der Waals surface area contributed by atoms with Crippen LogP contribution in [0.3, 0.4) is 0 Å². The molecule has 0 amide bonds. The molecule has 0 bridgehead atoms. The van der Waals surface area contributed by atoms with Gasteiger partial charge in [-0.15, -0.1) is 0 Å². The summed E-state index contributed by atoms with van der Waals surface area (Å²) in [5.74, 6) is 0. The summed E-state index contributed by atoms with van der Waals surface area (Å²) in [6.07, 6.45) is 0. The summed E-state index contributed by atoms with van der Waals surface area (Å²) in [7, 11) is 0. The molecule has 0 heterocycles. The summed E-state index contributed by atoms with van der Waals surface area (Å²) in [5, 5.41) is 0. The van der Waals surface area contributed by atoms with E-state index in [-0.39, 0.29) is 0 Å². The van der Waals surface area contributed by atoms with Gasteiger partial charge in [-0.25, -0.2) is 0 Å². The van der Waals surface area contributed by atoms with Crippen LogP contribution < -0.4 is 0 Å². The van der Waals surface area contributed by atoms with Crippen LogP contribution in [0.15, 0.2) is 0 Å². The molecule has 8 heteroatoms. The summed E-state index contributed by atoms with van der Waals surface area (Å²) in [6.45, 7) is 0. The van der Waals surface area contributed by atoms with Crippen molar-refractivity contribution in [3.05, 3.63) is 0 Å². The van der Waals surface area contributed by atoms with Gasteiger partial charge < -0.3 is 0 Å². The Morgan fingerprint density at radius 3 is 1.75 bits per heavy atom. The van der Waals surface area contributed by atoms with Gasteiger partial charge in [-0.1, -0.05) is 0 Å². The van der Waals surface area contributed by atoms with Crippen LogP contribution in [0.5, 0.6) is 0 Å². The third-order valence-corrected chi connectivity index (χ3v) is 6.85. The maximum atomic E-state index is 9.53. The topological polar surface area (TPSA) is 97.7 Å². The molecule has 6 nitrogen and oxygen atoms in total. The van der Waals surface area contributed by atoms with Gasteiger partial charge >= 0.3 is 53.8 Å². The zero-order valence-electron chi connectivity index (χ0n) is 3.30. The predicted octanol–water partition coefficient (Wildman–Crippen LogP) is -1.11. The van der Waals surface area contributed by atoms with Gasteiger partial charge in [-0.05, 0) is 0 Å². The molecule has 49 valence electrons. The maximum absolute atomic E-state index is 9.53. The van der Waals surface area contributed by atoms with E-state index < -0.39 is 34.4 Å². The average Bonchev–Trinajstić information content (AvgIpc) is 1.21. The van der Waals surface area contributed by atoms with E-state index in [9.17, 15) is 13.6 Å².